The van der Waals surface area contributed by atoms with Gasteiger partial charge in [0.1, 0.15) is 5.82 Å². The number of rotatable bonds is 3. The van der Waals surface area contributed by atoms with Crippen molar-refractivity contribution in [2.45, 2.75) is 12.5 Å². The smallest absolute Gasteiger partial charge is 0.142 e. The monoisotopic (exact) mass is 256 g/mol. The van der Waals surface area contributed by atoms with Crippen molar-refractivity contribution in [2.75, 3.05) is 0 Å². The van der Waals surface area contributed by atoms with E-state index in [1.165, 1.54) is 17.4 Å². The summed E-state index contributed by atoms with van der Waals surface area (Å²) in [4.78, 5) is 5.03. The minimum atomic E-state index is -0.432. The van der Waals surface area contributed by atoms with E-state index in [1.807, 2.05) is 0 Å². The van der Waals surface area contributed by atoms with Gasteiger partial charge in [-0.15, -0.1) is 11.3 Å². The zero-order valence-corrected chi connectivity index (χ0v) is 9.93. The van der Waals surface area contributed by atoms with Crippen LogP contribution < -0.4 is 5.73 Å². The maximum atomic E-state index is 13.2. The van der Waals surface area contributed by atoms with Gasteiger partial charge in [-0.3, -0.25) is 4.98 Å². The molecular weight excluding hydrogens is 247 g/mol. The van der Waals surface area contributed by atoms with Crippen LogP contribution in [0.5, 0.6) is 0 Å². The fourth-order valence-electron chi connectivity index (χ4n) is 1.48. The van der Waals surface area contributed by atoms with Gasteiger partial charge in [0.2, 0.25) is 0 Å². The molecule has 2 N–H and O–H groups in total. The third-order valence-electron chi connectivity index (χ3n) is 2.29. The fourth-order valence-corrected chi connectivity index (χ4v) is 2.40. The normalized spacial score (nSPS) is 12.7. The first-order valence-electron chi connectivity index (χ1n) is 4.75. The summed E-state index contributed by atoms with van der Waals surface area (Å²) >= 11 is 7.39. The Morgan fingerprint density at radius 2 is 2.31 bits per heavy atom. The quantitative estimate of drug-likeness (QED) is 0.916. The molecule has 2 aromatic rings. The van der Waals surface area contributed by atoms with Crippen molar-refractivity contribution < 1.29 is 4.39 Å². The van der Waals surface area contributed by atoms with Crippen molar-refractivity contribution in [3.05, 3.63) is 51.2 Å². The molecular formula is C11H10ClFN2S. The van der Waals surface area contributed by atoms with Crippen LogP contribution in [0.2, 0.25) is 5.02 Å². The lowest BCUT2D eigenvalue weighted by Gasteiger charge is -2.12. The number of hydrogen-bond acceptors (Lipinski definition) is 3. The van der Waals surface area contributed by atoms with Crippen molar-refractivity contribution in [2.24, 2.45) is 5.73 Å². The predicted molar refractivity (Wildman–Crippen MR) is 64.2 cm³/mol. The molecule has 0 fully saturated rings. The highest BCUT2D eigenvalue weighted by atomic mass is 35.5. The van der Waals surface area contributed by atoms with Crippen molar-refractivity contribution >= 4 is 22.9 Å². The van der Waals surface area contributed by atoms with E-state index in [0.29, 0.717) is 12.0 Å². The molecule has 0 spiro atoms. The molecule has 0 aliphatic heterocycles. The summed E-state index contributed by atoms with van der Waals surface area (Å²) in [5.41, 5.74) is 8.36. The SMILES string of the molecule is NC(Cc1cncs1)c1cccc(F)c1Cl. The van der Waals surface area contributed by atoms with Gasteiger partial charge in [-0.25, -0.2) is 4.39 Å². The zero-order chi connectivity index (χ0) is 11.5. The Kier molecular flexibility index (Phi) is 3.53. The van der Waals surface area contributed by atoms with Crippen molar-refractivity contribution in [1.82, 2.24) is 4.98 Å². The van der Waals surface area contributed by atoms with Gasteiger partial charge in [0.25, 0.3) is 0 Å². The molecule has 1 aromatic carbocycles. The van der Waals surface area contributed by atoms with E-state index in [0.717, 1.165) is 4.88 Å². The van der Waals surface area contributed by atoms with Crippen LogP contribution >= 0.6 is 22.9 Å². The van der Waals surface area contributed by atoms with Crippen LogP contribution in [0.1, 0.15) is 16.5 Å². The summed E-state index contributed by atoms with van der Waals surface area (Å²) in [6, 6.07) is 4.38. The lowest BCUT2D eigenvalue weighted by atomic mass is 10.0. The van der Waals surface area contributed by atoms with Gasteiger partial charge in [-0.05, 0) is 11.6 Å². The van der Waals surface area contributed by atoms with Gasteiger partial charge < -0.3 is 5.73 Å². The van der Waals surface area contributed by atoms with E-state index in [-0.39, 0.29) is 11.1 Å². The Bertz CT molecular complexity index is 473. The second-order valence-corrected chi connectivity index (χ2v) is 4.77. The third-order valence-corrected chi connectivity index (χ3v) is 3.49. The van der Waals surface area contributed by atoms with Crippen molar-refractivity contribution in [1.29, 1.82) is 0 Å². The third kappa shape index (κ3) is 2.40. The Morgan fingerprint density at radius 3 is 3.00 bits per heavy atom. The lowest BCUT2D eigenvalue weighted by Crippen LogP contribution is -2.13. The Hall–Kier alpha value is -0.970. The molecule has 0 aliphatic carbocycles. The second kappa shape index (κ2) is 4.91. The van der Waals surface area contributed by atoms with Gasteiger partial charge in [0, 0.05) is 23.5 Å². The molecule has 1 atom stereocenters. The van der Waals surface area contributed by atoms with Crippen LogP contribution in [0.25, 0.3) is 0 Å². The average molecular weight is 257 g/mol. The molecule has 2 nitrogen and oxygen atoms in total. The second-order valence-electron chi connectivity index (χ2n) is 3.42. The van der Waals surface area contributed by atoms with Gasteiger partial charge in [-0.2, -0.15) is 0 Å². The molecule has 1 aromatic heterocycles. The van der Waals surface area contributed by atoms with Crippen LogP contribution in [-0.2, 0) is 6.42 Å². The molecule has 0 saturated carbocycles. The molecule has 0 bridgehead atoms. The number of nitrogens with zero attached hydrogens (tertiary/aromatic N) is 1. The van der Waals surface area contributed by atoms with E-state index in [1.54, 1.807) is 23.8 Å². The number of benzene rings is 1. The van der Waals surface area contributed by atoms with Crippen LogP contribution in [0.3, 0.4) is 0 Å². The topological polar surface area (TPSA) is 38.9 Å². The zero-order valence-electron chi connectivity index (χ0n) is 8.36. The number of nitrogens with two attached hydrogens (primary N) is 1. The Morgan fingerprint density at radius 1 is 1.50 bits per heavy atom. The molecule has 0 amide bonds. The highest BCUT2D eigenvalue weighted by molar-refractivity contribution is 7.09. The number of hydrogen-bond donors (Lipinski definition) is 1. The van der Waals surface area contributed by atoms with Crippen molar-refractivity contribution in [3.8, 4) is 0 Å². The molecule has 0 radical (unpaired) electrons. The molecule has 84 valence electrons. The molecule has 0 saturated heterocycles. The maximum absolute atomic E-state index is 13.2. The van der Waals surface area contributed by atoms with Gasteiger partial charge in [0.05, 0.1) is 10.5 Å². The van der Waals surface area contributed by atoms with Crippen LogP contribution in [0.4, 0.5) is 4.39 Å². The van der Waals surface area contributed by atoms with E-state index in [4.69, 9.17) is 17.3 Å². The molecule has 2 rings (SSSR count). The summed E-state index contributed by atoms with van der Waals surface area (Å²) in [5, 5.41) is 0.111. The first kappa shape index (κ1) is 11.5. The Labute approximate surface area is 102 Å². The van der Waals surface area contributed by atoms with Crippen LogP contribution in [-0.4, -0.2) is 4.98 Å². The van der Waals surface area contributed by atoms with Crippen LogP contribution in [0, 0.1) is 5.82 Å². The summed E-state index contributed by atoms with van der Waals surface area (Å²) in [6.07, 6.45) is 2.38. The standard InChI is InChI=1S/C11H10ClFN2S/c12-11-8(2-1-3-9(11)13)10(14)4-7-5-15-6-16-7/h1-3,5-6,10H,4,14H2. The molecule has 1 unspecified atom stereocenters. The first-order chi connectivity index (χ1) is 7.68. The largest absolute Gasteiger partial charge is 0.324 e. The maximum Gasteiger partial charge on any atom is 0.142 e. The van der Waals surface area contributed by atoms with E-state index in [9.17, 15) is 4.39 Å². The fraction of sp³-hybridized carbons (Fsp3) is 0.182. The van der Waals surface area contributed by atoms with Gasteiger partial charge in [0.15, 0.2) is 0 Å². The molecule has 5 heteroatoms. The highest BCUT2D eigenvalue weighted by Crippen LogP contribution is 2.27. The first-order valence-corrected chi connectivity index (χ1v) is 6.01. The van der Waals surface area contributed by atoms with E-state index < -0.39 is 5.82 Å². The van der Waals surface area contributed by atoms with Crippen molar-refractivity contribution in [3.63, 3.8) is 0 Å². The molecule has 0 aliphatic rings. The lowest BCUT2D eigenvalue weighted by molar-refractivity contribution is 0.619. The average Bonchev–Trinajstić information content (AvgIpc) is 2.74. The predicted octanol–water partition coefficient (Wildman–Crippen LogP) is 3.18. The van der Waals surface area contributed by atoms with Gasteiger partial charge >= 0.3 is 0 Å². The summed E-state index contributed by atoms with van der Waals surface area (Å²) in [7, 11) is 0. The summed E-state index contributed by atoms with van der Waals surface area (Å²) in [5.74, 6) is -0.432. The number of halogens is 2. The molecule has 16 heavy (non-hydrogen) atoms. The Balaban J connectivity index is 2.21. The minimum absolute atomic E-state index is 0.111. The van der Waals surface area contributed by atoms with Crippen LogP contribution in [0.15, 0.2) is 29.9 Å². The highest BCUT2D eigenvalue weighted by Gasteiger charge is 2.14. The number of thiazole rings is 1. The molecule has 1 heterocycles. The summed E-state index contributed by atoms with van der Waals surface area (Å²) < 4.78 is 13.2. The summed E-state index contributed by atoms with van der Waals surface area (Å²) in [6.45, 7) is 0. The van der Waals surface area contributed by atoms with Gasteiger partial charge in [-0.1, -0.05) is 23.7 Å². The minimum Gasteiger partial charge on any atom is -0.324 e. The van der Waals surface area contributed by atoms with E-state index in [2.05, 4.69) is 4.98 Å². The number of aromatic nitrogens is 1. The van der Waals surface area contributed by atoms with E-state index >= 15 is 0 Å².